The van der Waals surface area contributed by atoms with E-state index in [1.165, 1.54) is 24.3 Å². The molecule has 0 aliphatic carbocycles. The molecule has 3 aromatic rings. The molecular formula is C69H110N24O20S. The highest BCUT2D eigenvalue weighted by atomic mass is 32.2. The number of para-hydroxylation sites is 1. The minimum absolute atomic E-state index is 0.00500. The van der Waals surface area contributed by atoms with Crippen LogP contribution in [-0.2, 0) is 89.6 Å². The van der Waals surface area contributed by atoms with E-state index in [4.69, 9.17) is 45.2 Å². The molecule has 0 saturated carbocycles. The number of carboxylic acid groups (broad SMARTS) is 3. The van der Waals surface area contributed by atoms with Gasteiger partial charge >= 0.3 is 17.9 Å². The van der Waals surface area contributed by atoms with Crippen LogP contribution in [0.4, 0.5) is 0 Å². The average molecular weight is 1630 g/mol. The Kier molecular flexibility index (Phi) is 42.6. The predicted molar refractivity (Wildman–Crippen MR) is 414 cm³/mol. The third kappa shape index (κ3) is 35.3. The SMILES string of the molecule is CC[C@H](C)[C@H](NC(=O)CNC(=O)[C@H](Cc1cnc[nH]1)NC(=O)[C@H](CCC(=O)O)NC(=O)[C@H](CCSC)NC(=O)[C@H](CCCCN)NC(=O)[C@@H](N)CCC(=O)O)C(=O)N[C@@H](Cc1c[nH]c2ccccc12)C(=O)N[C@@H](CC(N)=O)C(=O)N[C@@H](CCCN=C(N)N)C(=O)N[C@@H](CCCN=C(N)N)C(=O)N[C@H](C(=O)N[C@@H](C)C(=O)O)[C@@H](C)O. The van der Waals surface area contributed by atoms with Crippen LogP contribution in [0, 0.1) is 5.92 Å². The maximum absolute atomic E-state index is 14.9. The van der Waals surface area contributed by atoms with Crippen molar-refractivity contribution in [1.82, 2.24) is 78.8 Å². The highest BCUT2D eigenvalue weighted by Crippen LogP contribution is 2.21. The lowest BCUT2D eigenvalue weighted by Crippen LogP contribution is -2.61. The van der Waals surface area contributed by atoms with Crippen LogP contribution >= 0.6 is 11.8 Å². The van der Waals surface area contributed by atoms with Crippen molar-refractivity contribution in [1.29, 1.82) is 0 Å². The summed E-state index contributed by atoms with van der Waals surface area (Å²) in [5.41, 5.74) is 40.6. The molecule has 0 fully saturated rings. The lowest BCUT2D eigenvalue weighted by molar-refractivity contribution is -0.142. The van der Waals surface area contributed by atoms with Crippen molar-refractivity contribution in [3.05, 3.63) is 54.2 Å². The van der Waals surface area contributed by atoms with E-state index in [0.29, 0.717) is 29.3 Å². The van der Waals surface area contributed by atoms with E-state index in [9.17, 15) is 92.0 Å². The Bertz CT molecular complexity index is 3820. The van der Waals surface area contributed by atoms with Crippen molar-refractivity contribution in [2.24, 2.45) is 56.0 Å². The summed E-state index contributed by atoms with van der Waals surface area (Å²) in [5, 5.41) is 68.9. The normalized spacial score (nSPS) is 14.7. The molecule has 1 aromatic carbocycles. The van der Waals surface area contributed by atoms with Crippen LogP contribution in [0.15, 0.2) is 53.0 Å². The van der Waals surface area contributed by atoms with Gasteiger partial charge in [-0.2, -0.15) is 11.8 Å². The molecule has 0 aliphatic heterocycles. The molecule has 44 nitrogen and oxygen atoms in total. The van der Waals surface area contributed by atoms with Gasteiger partial charge in [0.15, 0.2) is 11.9 Å². The first-order valence-electron chi connectivity index (χ1n) is 36.7. The summed E-state index contributed by atoms with van der Waals surface area (Å²) < 4.78 is 0. The fourth-order valence-electron chi connectivity index (χ4n) is 11.1. The smallest absolute Gasteiger partial charge is 0.325 e. The van der Waals surface area contributed by atoms with Gasteiger partial charge < -0.3 is 134 Å². The fourth-order valence-corrected chi connectivity index (χ4v) is 11.6. The zero-order chi connectivity index (χ0) is 85.3. The third-order valence-electron chi connectivity index (χ3n) is 17.7. The summed E-state index contributed by atoms with van der Waals surface area (Å²) in [7, 11) is 0. The van der Waals surface area contributed by atoms with Gasteiger partial charge in [0.1, 0.15) is 66.5 Å². The number of aliphatic imine (C=N–C) groups is 2. The molecular weight excluding hydrogens is 1520 g/mol. The highest BCUT2D eigenvalue weighted by molar-refractivity contribution is 7.98. The number of aromatic nitrogens is 3. The van der Waals surface area contributed by atoms with E-state index < -0.39 is 211 Å². The molecule has 45 heteroatoms. The molecule has 0 saturated heterocycles. The first kappa shape index (κ1) is 96.5. The lowest BCUT2D eigenvalue weighted by atomic mass is 9.97. The van der Waals surface area contributed by atoms with Gasteiger partial charge in [0.2, 0.25) is 76.8 Å². The minimum Gasteiger partial charge on any atom is -0.481 e. The summed E-state index contributed by atoms with van der Waals surface area (Å²) in [6, 6.07) is -12.1. The van der Waals surface area contributed by atoms with Crippen molar-refractivity contribution < 1.29 is 97.1 Å². The Balaban J connectivity index is 2.00. The van der Waals surface area contributed by atoms with Crippen LogP contribution in [0.3, 0.4) is 0 Å². The van der Waals surface area contributed by atoms with Crippen LogP contribution in [0.1, 0.15) is 129 Å². The number of carbonyl (C=O) groups is 16. The molecule has 114 heavy (non-hydrogen) atoms. The Hall–Kier alpha value is -11.7. The van der Waals surface area contributed by atoms with E-state index >= 15 is 0 Å². The van der Waals surface area contributed by atoms with Crippen LogP contribution in [-0.4, -0.2) is 259 Å². The summed E-state index contributed by atoms with van der Waals surface area (Å²) >= 11 is 1.29. The molecule has 3 rings (SSSR count). The molecule has 632 valence electrons. The monoisotopic (exact) mass is 1630 g/mol. The van der Waals surface area contributed by atoms with Crippen LogP contribution in [0.5, 0.6) is 0 Å². The molecule has 0 radical (unpaired) electrons. The van der Waals surface area contributed by atoms with Gasteiger partial charge in [-0.25, -0.2) is 4.98 Å². The first-order chi connectivity index (χ1) is 53.9. The first-order valence-corrected chi connectivity index (χ1v) is 38.1. The van der Waals surface area contributed by atoms with Crippen LogP contribution in [0.2, 0.25) is 0 Å². The number of aliphatic hydroxyl groups is 1. The number of carbonyl (C=O) groups excluding carboxylic acids is 13. The second-order valence-electron chi connectivity index (χ2n) is 26.9. The number of guanidine groups is 2. The number of H-pyrrole nitrogens is 2. The lowest BCUT2D eigenvalue weighted by Gasteiger charge is -2.29. The van der Waals surface area contributed by atoms with E-state index in [0.717, 1.165) is 13.8 Å². The maximum atomic E-state index is 14.9. The molecule has 14 atom stereocenters. The Morgan fingerprint density at radius 2 is 1.00 bits per heavy atom. The summed E-state index contributed by atoms with van der Waals surface area (Å²) in [4.78, 5) is 235. The molecule has 2 aromatic heterocycles. The molecule has 0 bridgehead atoms. The number of aliphatic carboxylic acids is 3. The number of primary amides is 1. The number of nitrogens with one attached hydrogen (secondary N) is 14. The Morgan fingerprint density at radius 3 is 1.51 bits per heavy atom. The standard InChI is InChI=1S/C69H110N24O20S/c1-6-34(2)54(92-51(96)32-81-57(102)48(28-38-31-77-33-82-38)89-60(105)45(19-21-53(99)100)87-61(106)46(22-26-114-5)88-58(103)42(15-9-10-23-70)84-56(101)40(71)18-20-52(97)98)65(110)91-47(27-37-30-80-41-14-8-7-13-39(37)41)63(108)90-49(29-50(72)95)64(109)86-43(16-11-24-78-68(73)74)59(104)85-44(17-12-25-79-69(75)76)62(107)93-55(36(4)94)66(111)83-35(3)67(112)113/h7-8,13-14,30-31,33-36,40,42-49,54-55,80,94H,6,9-12,15-29,32,70-71H2,1-5H3,(H2,72,95)(H,77,82)(H,81,102)(H,83,111)(H,84,101)(H,85,104)(H,86,109)(H,87,106)(H,88,103)(H,89,105)(H,90,108)(H,91,110)(H,92,96)(H,93,107)(H,97,98)(H,99,100)(H,112,113)(H4,73,74,78)(H4,75,76,79)/t34-,35-,36+,40-,42-,43-,44-,45-,46-,47-,48-,49-,54-,55-/m0/s1. The molecule has 13 amide bonds. The van der Waals surface area contributed by atoms with E-state index in [1.807, 2.05) is 0 Å². The largest absolute Gasteiger partial charge is 0.481 e. The van der Waals surface area contributed by atoms with Crippen LogP contribution in [0.25, 0.3) is 10.9 Å². The second-order valence-corrected chi connectivity index (χ2v) is 27.9. The van der Waals surface area contributed by atoms with Gasteiger partial charge in [-0.15, -0.1) is 0 Å². The maximum Gasteiger partial charge on any atom is 0.325 e. The number of benzene rings is 1. The fraction of sp³-hybridized carbons (Fsp3) is 0.580. The van der Waals surface area contributed by atoms with Gasteiger partial charge in [0.25, 0.3) is 0 Å². The van der Waals surface area contributed by atoms with Crippen molar-refractivity contribution >= 4 is 129 Å². The van der Waals surface area contributed by atoms with E-state index in [1.54, 1.807) is 50.6 Å². The predicted octanol–water partition coefficient (Wildman–Crippen LogP) is -7.42. The van der Waals surface area contributed by atoms with Gasteiger partial charge in [-0.3, -0.25) is 86.7 Å². The number of nitrogens with two attached hydrogens (primary N) is 7. The number of imidazole rings is 1. The highest BCUT2D eigenvalue weighted by Gasteiger charge is 2.38. The quantitative estimate of drug-likeness (QED) is 0.0142. The number of aromatic amines is 2. The summed E-state index contributed by atoms with van der Waals surface area (Å²) in [6.45, 7) is 4.64. The number of hydrogen-bond acceptors (Lipinski definition) is 23. The van der Waals surface area contributed by atoms with Gasteiger partial charge in [-0.05, 0) is 114 Å². The van der Waals surface area contributed by atoms with E-state index in [2.05, 4.69) is 88.7 Å². The third-order valence-corrected chi connectivity index (χ3v) is 18.3. The molecule has 0 aliphatic rings. The Morgan fingerprint density at radius 1 is 0.526 bits per heavy atom. The zero-order valence-corrected chi connectivity index (χ0v) is 64.9. The molecule has 0 spiro atoms. The van der Waals surface area contributed by atoms with Gasteiger partial charge in [0, 0.05) is 67.8 Å². The Labute approximate surface area is 660 Å². The van der Waals surface area contributed by atoms with Crippen molar-refractivity contribution in [2.75, 3.05) is 38.2 Å². The van der Waals surface area contributed by atoms with Crippen molar-refractivity contribution in [3.8, 4) is 0 Å². The summed E-state index contributed by atoms with van der Waals surface area (Å²) in [5.74, 6) is -18.7. The molecule has 0 unspecified atom stereocenters. The minimum atomic E-state index is -1.93. The number of hydrogen-bond donors (Lipinski definition) is 25. The molecule has 2 heterocycles. The molecule has 32 N–H and O–H groups in total. The van der Waals surface area contributed by atoms with E-state index in [-0.39, 0.29) is 107 Å². The zero-order valence-electron chi connectivity index (χ0n) is 64.1. The topological polar surface area (TPSA) is 750 Å². The van der Waals surface area contributed by atoms with Gasteiger partial charge in [0.05, 0.1) is 31.4 Å². The number of unbranched alkanes of at least 4 members (excludes halogenated alkanes) is 1. The number of nitrogens with zero attached hydrogens (tertiary/aromatic N) is 3. The van der Waals surface area contributed by atoms with Crippen molar-refractivity contribution in [2.45, 2.75) is 209 Å². The van der Waals surface area contributed by atoms with Crippen molar-refractivity contribution in [3.63, 3.8) is 0 Å². The van der Waals surface area contributed by atoms with Crippen LogP contribution < -0.4 is 104 Å². The number of rotatable bonds is 55. The number of amides is 13. The van der Waals surface area contributed by atoms with Gasteiger partial charge in [-0.1, -0.05) is 38.5 Å². The summed E-state index contributed by atoms with van der Waals surface area (Å²) in [6.07, 6.45) is 0.927. The average Bonchev–Trinajstić information content (AvgIpc) is 1.68. The number of thioether (sulfide) groups is 1. The number of fused-ring (bicyclic) bond motifs is 1. The number of carboxylic acids is 3. The number of aliphatic hydroxyl groups excluding tert-OH is 1. The second kappa shape index (κ2) is 50.3.